The molecular formula is C20H30O4. The fourth-order valence-corrected chi connectivity index (χ4v) is 2.86. The molecule has 24 heavy (non-hydrogen) atoms. The minimum Gasteiger partial charge on any atom is -0.481 e. The number of carboxylic acids is 1. The van der Waals surface area contributed by atoms with Crippen molar-refractivity contribution in [3.8, 4) is 0 Å². The Morgan fingerprint density at radius 2 is 2.08 bits per heavy atom. The van der Waals surface area contributed by atoms with Crippen molar-refractivity contribution in [2.75, 3.05) is 0 Å². The Labute approximate surface area is 145 Å². The maximum Gasteiger partial charge on any atom is 0.303 e. The molecule has 0 bridgehead atoms. The standard InChI is InChI=1S/C20H30O4/c1-2-3-6-10-18-16(13-15-19(18)22)12-14-17(21)9-7-4-5-8-11-20(23)24/h4,7,12-18,21H,2-3,5-6,8-11H2,1H3,(H,23,24)/b7-4-,14-12+/t16-,17+,18-/m1/s1. The molecule has 1 aliphatic rings. The molecule has 0 fully saturated rings. The van der Waals surface area contributed by atoms with E-state index in [2.05, 4.69) is 6.92 Å². The first-order valence-electron chi connectivity index (χ1n) is 8.99. The number of carbonyl (C=O) groups is 2. The van der Waals surface area contributed by atoms with Gasteiger partial charge in [-0.05, 0) is 31.8 Å². The number of aliphatic hydroxyl groups is 1. The molecule has 0 aromatic rings. The van der Waals surface area contributed by atoms with E-state index >= 15 is 0 Å². The molecular weight excluding hydrogens is 304 g/mol. The monoisotopic (exact) mass is 334 g/mol. The van der Waals surface area contributed by atoms with Crippen LogP contribution in [0.4, 0.5) is 0 Å². The predicted molar refractivity (Wildman–Crippen MR) is 95.7 cm³/mol. The maximum absolute atomic E-state index is 11.9. The first kappa shape index (κ1) is 20.4. The van der Waals surface area contributed by atoms with Crippen LogP contribution in [0, 0.1) is 11.8 Å². The van der Waals surface area contributed by atoms with E-state index in [9.17, 15) is 14.7 Å². The molecule has 0 aromatic heterocycles. The van der Waals surface area contributed by atoms with E-state index in [1.807, 2.05) is 24.3 Å². The smallest absolute Gasteiger partial charge is 0.303 e. The van der Waals surface area contributed by atoms with Crippen LogP contribution < -0.4 is 0 Å². The van der Waals surface area contributed by atoms with Crippen LogP contribution >= 0.6 is 0 Å². The summed E-state index contributed by atoms with van der Waals surface area (Å²) in [5, 5.41) is 18.5. The zero-order chi connectivity index (χ0) is 17.8. The summed E-state index contributed by atoms with van der Waals surface area (Å²) in [6.45, 7) is 2.15. The van der Waals surface area contributed by atoms with Crippen LogP contribution in [0.3, 0.4) is 0 Å². The molecule has 0 aliphatic heterocycles. The van der Waals surface area contributed by atoms with Crippen LogP contribution in [0.2, 0.25) is 0 Å². The summed E-state index contributed by atoms with van der Waals surface area (Å²) in [6.07, 6.45) is 16.8. The third-order valence-electron chi connectivity index (χ3n) is 4.29. The van der Waals surface area contributed by atoms with E-state index in [0.29, 0.717) is 19.3 Å². The predicted octanol–water partition coefficient (Wildman–Crippen LogP) is 4.06. The number of hydrogen-bond acceptors (Lipinski definition) is 3. The molecule has 4 nitrogen and oxygen atoms in total. The Morgan fingerprint density at radius 3 is 2.79 bits per heavy atom. The van der Waals surface area contributed by atoms with E-state index in [1.54, 1.807) is 12.2 Å². The fourth-order valence-electron chi connectivity index (χ4n) is 2.86. The van der Waals surface area contributed by atoms with Gasteiger partial charge in [-0.15, -0.1) is 0 Å². The largest absolute Gasteiger partial charge is 0.481 e. The lowest BCUT2D eigenvalue weighted by Crippen LogP contribution is -2.15. The van der Waals surface area contributed by atoms with Crippen molar-refractivity contribution in [2.45, 2.75) is 64.4 Å². The number of aliphatic hydroxyl groups excluding tert-OH is 1. The van der Waals surface area contributed by atoms with Crippen LogP contribution in [-0.4, -0.2) is 28.1 Å². The van der Waals surface area contributed by atoms with Gasteiger partial charge in [-0.2, -0.15) is 0 Å². The molecule has 1 aliphatic carbocycles. The second-order valence-corrected chi connectivity index (χ2v) is 6.39. The number of hydrogen-bond donors (Lipinski definition) is 2. The molecule has 0 spiro atoms. The van der Waals surface area contributed by atoms with Crippen molar-refractivity contribution in [3.63, 3.8) is 0 Å². The van der Waals surface area contributed by atoms with E-state index < -0.39 is 12.1 Å². The average Bonchev–Trinajstić information content (AvgIpc) is 2.89. The van der Waals surface area contributed by atoms with Crippen LogP contribution in [0.25, 0.3) is 0 Å². The van der Waals surface area contributed by atoms with Crippen molar-refractivity contribution in [2.24, 2.45) is 11.8 Å². The van der Waals surface area contributed by atoms with E-state index in [-0.39, 0.29) is 24.0 Å². The van der Waals surface area contributed by atoms with Crippen molar-refractivity contribution < 1.29 is 19.8 Å². The molecule has 0 saturated heterocycles. The SMILES string of the molecule is CCCCC[C@H]1C(=O)C=C[C@H]1/C=C/[C@@H](O)C/C=C\CCCC(=O)O. The van der Waals surface area contributed by atoms with Gasteiger partial charge in [-0.3, -0.25) is 9.59 Å². The van der Waals surface area contributed by atoms with Crippen molar-refractivity contribution >= 4 is 11.8 Å². The lowest BCUT2D eigenvalue weighted by atomic mass is 9.89. The Hall–Kier alpha value is -1.68. The summed E-state index contributed by atoms with van der Waals surface area (Å²) in [5.74, 6) is -0.442. The summed E-state index contributed by atoms with van der Waals surface area (Å²) in [6, 6.07) is 0. The minimum absolute atomic E-state index is 0.0339. The first-order chi connectivity index (χ1) is 11.5. The van der Waals surface area contributed by atoms with E-state index in [1.165, 1.54) is 0 Å². The second kappa shape index (κ2) is 11.8. The van der Waals surface area contributed by atoms with Gasteiger partial charge in [-0.1, -0.05) is 56.6 Å². The molecule has 3 atom stereocenters. The molecule has 4 heteroatoms. The molecule has 134 valence electrons. The summed E-state index contributed by atoms with van der Waals surface area (Å²) < 4.78 is 0. The maximum atomic E-state index is 11.9. The molecule has 2 N–H and O–H groups in total. The Balaban J connectivity index is 2.32. The number of unbranched alkanes of at least 4 members (excludes halogenated alkanes) is 3. The summed E-state index contributed by atoms with van der Waals surface area (Å²) in [4.78, 5) is 22.3. The van der Waals surface area contributed by atoms with Gasteiger partial charge in [0.25, 0.3) is 0 Å². The van der Waals surface area contributed by atoms with Crippen LogP contribution in [-0.2, 0) is 9.59 Å². The minimum atomic E-state index is -0.779. The third kappa shape index (κ3) is 8.25. The van der Waals surface area contributed by atoms with Gasteiger partial charge in [0, 0.05) is 18.3 Å². The van der Waals surface area contributed by atoms with Crippen molar-refractivity contribution in [1.82, 2.24) is 0 Å². The van der Waals surface area contributed by atoms with Gasteiger partial charge in [0.05, 0.1) is 6.10 Å². The highest BCUT2D eigenvalue weighted by atomic mass is 16.4. The van der Waals surface area contributed by atoms with Gasteiger partial charge in [0.15, 0.2) is 5.78 Å². The molecule has 0 saturated carbocycles. The molecule has 0 heterocycles. The quantitative estimate of drug-likeness (QED) is 0.417. The van der Waals surface area contributed by atoms with Gasteiger partial charge >= 0.3 is 5.97 Å². The topological polar surface area (TPSA) is 74.6 Å². The Morgan fingerprint density at radius 1 is 1.29 bits per heavy atom. The third-order valence-corrected chi connectivity index (χ3v) is 4.29. The van der Waals surface area contributed by atoms with Gasteiger partial charge in [-0.25, -0.2) is 0 Å². The first-order valence-corrected chi connectivity index (χ1v) is 8.99. The number of carbonyl (C=O) groups excluding carboxylic acids is 1. The van der Waals surface area contributed by atoms with Gasteiger partial charge < -0.3 is 10.2 Å². The van der Waals surface area contributed by atoms with Crippen molar-refractivity contribution in [3.05, 3.63) is 36.5 Å². The molecule has 0 unspecified atom stereocenters. The number of allylic oxidation sites excluding steroid dienone is 4. The average molecular weight is 334 g/mol. The van der Waals surface area contributed by atoms with Crippen molar-refractivity contribution in [1.29, 1.82) is 0 Å². The number of ketones is 1. The van der Waals surface area contributed by atoms with Gasteiger partial charge in [0.2, 0.25) is 0 Å². The van der Waals surface area contributed by atoms with Crippen LogP contribution in [0.1, 0.15) is 58.3 Å². The highest BCUT2D eigenvalue weighted by molar-refractivity contribution is 5.94. The molecule has 0 aromatic carbocycles. The normalized spacial score (nSPS) is 22.0. The summed E-state index contributed by atoms with van der Waals surface area (Å²) in [5.41, 5.74) is 0. The number of carboxylic acid groups (broad SMARTS) is 1. The zero-order valence-corrected chi connectivity index (χ0v) is 14.6. The fraction of sp³-hybridized carbons (Fsp3) is 0.600. The Bertz CT molecular complexity index is 476. The summed E-state index contributed by atoms with van der Waals surface area (Å²) >= 11 is 0. The van der Waals surface area contributed by atoms with E-state index in [4.69, 9.17) is 5.11 Å². The highest BCUT2D eigenvalue weighted by Gasteiger charge is 2.27. The molecule has 0 radical (unpaired) electrons. The zero-order valence-electron chi connectivity index (χ0n) is 14.6. The van der Waals surface area contributed by atoms with Crippen LogP contribution in [0.15, 0.2) is 36.5 Å². The molecule has 0 amide bonds. The lowest BCUT2D eigenvalue weighted by Gasteiger charge is -2.15. The second-order valence-electron chi connectivity index (χ2n) is 6.39. The lowest BCUT2D eigenvalue weighted by molar-refractivity contribution is -0.137. The highest BCUT2D eigenvalue weighted by Crippen LogP contribution is 2.28. The number of rotatable bonds is 12. The molecule has 1 rings (SSSR count). The number of aliphatic carboxylic acids is 1. The Kier molecular flexibility index (Phi) is 10.0. The van der Waals surface area contributed by atoms with E-state index in [0.717, 1.165) is 25.7 Å². The summed E-state index contributed by atoms with van der Waals surface area (Å²) in [7, 11) is 0. The van der Waals surface area contributed by atoms with Crippen LogP contribution in [0.5, 0.6) is 0 Å². The van der Waals surface area contributed by atoms with Gasteiger partial charge in [0.1, 0.15) is 0 Å².